The number of hydrogen-bond acceptors (Lipinski definition) is 6. The van der Waals surface area contributed by atoms with Crippen LogP contribution in [0.5, 0.6) is 5.75 Å². The van der Waals surface area contributed by atoms with Crippen molar-refractivity contribution >= 4 is 23.6 Å². The summed E-state index contributed by atoms with van der Waals surface area (Å²) in [4.78, 5) is 11.3. The molecule has 1 aromatic heterocycles. The van der Waals surface area contributed by atoms with Gasteiger partial charge >= 0.3 is 5.97 Å². The predicted molar refractivity (Wildman–Crippen MR) is 137 cm³/mol. The Bertz CT molecular complexity index is 1250. The molecule has 0 bridgehead atoms. The van der Waals surface area contributed by atoms with Crippen molar-refractivity contribution in [2.75, 3.05) is 24.1 Å². The van der Waals surface area contributed by atoms with Gasteiger partial charge in [-0.2, -0.15) is 0 Å². The molecule has 1 fully saturated rings. The van der Waals surface area contributed by atoms with Crippen LogP contribution in [0.3, 0.4) is 0 Å². The molecule has 184 valence electrons. The van der Waals surface area contributed by atoms with E-state index in [0.717, 1.165) is 72.4 Å². The number of nitrogens with zero attached hydrogens (tertiary/aromatic N) is 1. The molecule has 2 aliphatic rings. The van der Waals surface area contributed by atoms with Gasteiger partial charge in [0.25, 0.3) is 0 Å². The molecule has 0 saturated carbocycles. The van der Waals surface area contributed by atoms with Crippen LogP contribution in [0.15, 0.2) is 52.0 Å². The van der Waals surface area contributed by atoms with Crippen LogP contribution in [0, 0.1) is 19.3 Å². The number of aromatic carboxylic acids is 1. The number of carboxylic acid groups (broad SMARTS) is 1. The number of ether oxygens (including phenoxy) is 2. The molecule has 7 heteroatoms. The van der Waals surface area contributed by atoms with Gasteiger partial charge in [0, 0.05) is 23.9 Å². The van der Waals surface area contributed by atoms with E-state index in [2.05, 4.69) is 23.4 Å². The maximum atomic E-state index is 11.3. The lowest BCUT2D eigenvalue weighted by Crippen LogP contribution is -2.47. The third kappa shape index (κ3) is 5.21. The number of hydrogen-bond donors (Lipinski definition) is 1. The molecule has 1 N–H and O–H groups in total. The molecule has 35 heavy (non-hydrogen) atoms. The van der Waals surface area contributed by atoms with E-state index in [9.17, 15) is 9.90 Å². The number of benzene rings is 2. The molecule has 0 atom stereocenters. The van der Waals surface area contributed by atoms with E-state index in [-0.39, 0.29) is 11.0 Å². The molecule has 1 aliphatic heterocycles. The first-order valence-electron chi connectivity index (χ1n) is 12.0. The molecule has 0 radical (unpaired) electrons. The summed E-state index contributed by atoms with van der Waals surface area (Å²) in [6, 6.07) is 13.6. The monoisotopic (exact) mass is 493 g/mol. The van der Waals surface area contributed by atoms with E-state index >= 15 is 0 Å². The first kappa shape index (κ1) is 23.8. The zero-order valence-electron chi connectivity index (χ0n) is 20.4. The summed E-state index contributed by atoms with van der Waals surface area (Å²) in [7, 11) is 0. The molecule has 1 saturated heterocycles. The van der Waals surface area contributed by atoms with Crippen LogP contribution in [-0.2, 0) is 24.2 Å². The summed E-state index contributed by atoms with van der Waals surface area (Å²) < 4.78 is 20.2. The number of fused-ring (bicyclic) bond motifs is 1. The second-order valence-electron chi connectivity index (χ2n) is 9.97. The number of aryl methyl sites for hydroxylation is 4. The molecule has 2 aromatic carbocycles. The van der Waals surface area contributed by atoms with Crippen LogP contribution in [0.1, 0.15) is 51.7 Å². The van der Waals surface area contributed by atoms with Crippen molar-refractivity contribution in [3.63, 3.8) is 0 Å². The van der Waals surface area contributed by atoms with Gasteiger partial charge in [-0.25, -0.2) is 4.79 Å². The molecule has 0 spiro atoms. The van der Waals surface area contributed by atoms with Gasteiger partial charge in [0.2, 0.25) is 0 Å². The van der Waals surface area contributed by atoms with Gasteiger partial charge in [-0.1, -0.05) is 13.0 Å². The molecule has 0 amide bonds. The van der Waals surface area contributed by atoms with Crippen LogP contribution in [0.4, 0.5) is 5.69 Å². The van der Waals surface area contributed by atoms with Crippen LogP contribution in [0.25, 0.3) is 0 Å². The fourth-order valence-electron chi connectivity index (χ4n) is 4.67. The third-order valence-electron chi connectivity index (χ3n) is 6.76. The standard InChI is InChI=1S/C28H31NO5S/c1-18-11-22(27(30)31)8-9-23(18)14-33-25-13-21-6-4-5-20(21)12-24(25)29(15-28(3)16-32-17-28)35-26-10-7-19(2)34-26/h7-13H,4-6,14-17H2,1-3H3,(H,30,31). The summed E-state index contributed by atoms with van der Waals surface area (Å²) >= 11 is 1.59. The molecule has 5 rings (SSSR count). The maximum absolute atomic E-state index is 11.3. The maximum Gasteiger partial charge on any atom is 0.335 e. The molecule has 3 aromatic rings. The lowest BCUT2D eigenvalue weighted by atomic mass is 9.88. The first-order valence-corrected chi connectivity index (χ1v) is 12.8. The predicted octanol–water partition coefficient (Wildman–Crippen LogP) is 6.21. The van der Waals surface area contributed by atoms with Crippen LogP contribution in [0.2, 0.25) is 0 Å². The van der Waals surface area contributed by atoms with Gasteiger partial charge in [-0.3, -0.25) is 0 Å². The molecule has 2 heterocycles. The minimum absolute atomic E-state index is 0.0637. The van der Waals surface area contributed by atoms with Gasteiger partial charge < -0.3 is 23.3 Å². The molecular weight excluding hydrogens is 462 g/mol. The highest BCUT2D eigenvalue weighted by atomic mass is 32.2. The number of furan rings is 1. The van der Waals surface area contributed by atoms with Crippen molar-refractivity contribution in [1.29, 1.82) is 0 Å². The van der Waals surface area contributed by atoms with Gasteiger partial charge in [-0.15, -0.1) is 0 Å². The van der Waals surface area contributed by atoms with Crippen LogP contribution in [-0.4, -0.2) is 30.8 Å². The Hall–Kier alpha value is -2.90. The number of rotatable bonds is 9. The van der Waals surface area contributed by atoms with E-state index in [0.29, 0.717) is 6.61 Å². The van der Waals surface area contributed by atoms with Gasteiger partial charge in [0.1, 0.15) is 18.1 Å². The SMILES string of the molecule is Cc1ccc(SN(CC2(C)COC2)c2cc3c(cc2OCc2ccc(C(=O)O)cc2C)CCC3)o1. The largest absolute Gasteiger partial charge is 0.487 e. The molecule has 1 aliphatic carbocycles. The van der Waals surface area contributed by atoms with Crippen molar-refractivity contribution in [3.05, 3.63) is 76.0 Å². The highest BCUT2D eigenvalue weighted by Crippen LogP contribution is 2.43. The Morgan fingerprint density at radius 2 is 1.89 bits per heavy atom. The van der Waals surface area contributed by atoms with Crippen molar-refractivity contribution in [1.82, 2.24) is 0 Å². The Morgan fingerprint density at radius 1 is 1.11 bits per heavy atom. The Morgan fingerprint density at radius 3 is 2.51 bits per heavy atom. The van der Waals surface area contributed by atoms with Crippen molar-refractivity contribution in [2.24, 2.45) is 5.41 Å². The van der Waals surface area contributed by atoms with E-state index in [4.69, 9.17) is 13.9 Å². The fourth-order valence-corrected chi connectivity index (χ4v) is 5.80. The van der Waals surface area contributed by atoms with E-state index in [1.165, 1.54) is 11.1 Å². The van der Waals surface area contributed by atoms with Crippen molar-refractivity contribution in [3.8, 4) is 5.75 Å². The number of carbonyl (C=O) groups is 1. The topological polar surface area (TPSA) is 72.1 Å². The highest BCUT2D eigenvalue weighted by Gasteiger charge is 2.37. The molecular formula is C28H31NO5S. The second-order valence-corrected chi connectivity index (χ2v) is 11.0. The van der Waals surface area contributed by atoms with Crippen LogP contribution < -0.4 is 9.04 Å². The highest BCUT2D eigenvalue weighted by molar-refractivity contribution is 8.00. The molecule has 0 unspecified atom stereocenters. The minimum atomic E-state index is -0.921. The summed E-state index contributed by atoms with van der Waals surface area (Å²) in [6.07, 6.45) is 3.30. The summed E-state index contributed by atoms with van der Waals surface area (Å²) in [6.45, 7) is 8.77. The lowest BCUT2D eigenvalue weighted by molar-refractivity contribution is -0.0939. The lowest BCUT2D eigenvalue weighted by Gasteiger charge is -2.42. The third-order valence-corrected chi connectivity index (χ3v) is 7.70. The van der Waals surface area contributed by atoms with Crippen molar-refractivity contribution < 1.29 is 23.8 Å². The number of carboxylic acids is 1. The van der Waals surface area contributed by atoms with Gasteiger partial charge in [0.05, 0.1) is 24.5 Å². The normalized spacial score (nSPS) is 16.0. The number of anilines is 1. The van der Waals surface area contributed by atoms with E-state index in [1.807, 2.05) is 32.0 Å². The average Bonchev–Trinajstić information content (AvgIpc) is 3.43. The van der Waals surface area contributed by atoms with Gasteiger partial charge in [-0.05, 0) is 91.8 Å². The Balaban J connectivity index is 1.47. The summed E-state index contributed by atoms with van der Waals surface area (Å²) in [5, 5.41) is 10.1. The van der Waals surface area contributed by atoms with Gasteiger partial charge in [0.15, 0.2) is 5.09 Å². The fraction of sp³-hybridized carbons (Fsp3) is 0.393. The quantitative estimate of drug-likeness (QED) is 0.355. The smallest absolute Gasteiger partial charge is 0.335 e. The van der Waals surface area contributed by atoms with E-state index in [1.54, 1.807) is 24.1 Å². The first-order chi connectivity index (χ1) is 16.8. The minimum Gasteiger partial charge on any atom is -0.487 e. The second kappa shape index (κ2) is 9.63. The Labute approximate surface area is 210 Å². The zero-order valence-corrected chi connectivity index (χ0v) is 21.2. The van der Waals surface area contributed by atoms with Crippen LogP contribution >= 0.6 is 11.9 Å². The molecule has 6 nitrogen and oxygen atoms in total. The Kier molecular flexibility index (Phi) is 6.55. The summed E-state index contributed by atoms with van der Waals surface area (Å²) in [5.74, 6) is 0.805. The van der Waals surface area contributed by atoms with E-state index < -0.39 is 5.97 Å². The van der Waals surface area contributed by atoms with Crippen molar-refractivity contribution in [2.45, 2.75) is 51.7 Å². The summed E-state index contributed by atoms with van der Waals surface area (Å²) in [5.41, 5.74) is 6.00. The zero-order chi connectivity index (χ0) is 24.6. The average molecular weight is 494 g/mol.